The van der Waals surface area contributed by atoms with Crippen LogP contribution in [0, 0.1) is 12.7 Å². The van der Waals surface area contributed by atoms with E-state index in [-0.39, 0.29) is 36.1 Å². The fourth-order valence-electron chi connectivity index (χ4n) is 4.36. The second-order valence-corrected chi connectivity index (χ2v) is 8.63. The van der Waals surface area contributed by atoms with Crippen molar-refractivity contribution in [3.8, 4) is 16.9 Å². The quantitative estimate of drug-likeness (QED) is 0.280. The Morgan fingerprint density at radius 2 is 1.66 bits per heavy atom. The number of hydrogen-bond donors (Lipinski definition) is 2. The third kappa shape index (κ3) is 5.47. The Morgan fingerprint density at radius 3 is 2.37 bits per heavy atom. The Balaban J connectivity index is 0.00000342. The monoisotopic (exact) mass is 493 g/mol. The average molecular weight is 494 g/mol. The number of rotatable bonds is 7. The molecule has 1 unspecified atom stereocenters. The van der Waals surface area contributed by atoms with Crippen molar-refractivity contribution in [2.75, 3.05) is 7.11 Å². The van der Waals surface area contributed by atoms with Gasteiger partial charge >= 0.3 is 5.97 Å². The molecule has 35 heavy (non-hydrogen) atoms. The van der Waals surface area contributed by atoms with Crippen LogP contribution in [0.3, 0.4) is 0 Å². The van der Waals surface area contributed by atoms with Crippen molar-refractivity contribution in [1.82, 2.24) is 5.32 Å². The predicted octanol–water partition coefficient (Wildman–Crippen LogP) is 7.49. The molecule has 0 aliphatic rings. The van der Waals surface area contributed by atoms with E-state index in [0.717, 1.165) is 38.6 Å². The van der Waals surface area contributed by atoms with Gasteiger partial charge in [0.2, 0.25) is 0 Å². The van der Waals surface area contributed by atoms with E-state index in [1.165, 1.54) is 13.2 Å². The first-order valence-electron chi connectivity index (χ1n) is 11.2. The summed E-state index contributed by atoms with van der Waals surface area (Å²) in [4.78, 5) is 11.7. The fraction of sp³-hybridized carbons (Fsp3) is 0.207. The number of benzene rings is 4. The van der Waals surface area contributed by atoms with Gasteiger partial charge in [-0.1, -0.05) is 42.5 Å². The highest BCUT2D eigenvalue weighted by molar-refractivity contribution is 5.99. The zero-order chi connectivity index (χ0) is 24.4. The number of nitrogens with one attached hydrogen (secondary N) is 1. The molecule has 0 radical (unpaired) electrons. The molecule has 0 aliphatic carbocycles. The predicted molar refractivity (Wildman–Crippen MR) is 141 cm³/mol. The molecule has 0 heterocycles. The molecule has 182 valence electrons. The highest BCUT2D eigenvalue weighted by Gasteiger charge is 2.17. The number of halogens is 2. The number of aryl methyl sites for hydroxylation is 1. The molecule has 0 fully saturated rings. The summed E-state index contributed by atoms with van der Waals surface area (Å²) in [6.07, 6.45) is 0. The summed E-state index contributed by atoms with van der Waals surface area (Å²) in [5, 5.41) is 15.4. The lowest BCUT2D eigenvalue weighted by Gasteiger charge is -2.23. The summed E-state index contributed by atoms with van der Waals surface area (Å²) >= 11 is 0. The maximum atomic E-state index is 13.8. The number of fused-ring (bicyclic) bond motifs is 1. The smallest absolute Gasteiger partial charge is 0.335 e. The molecule has 4 rings (SSSR count). The zero-order valence-electron chi connectivity index (χ0n) is 20.1. The van der Waals surface area contributed by atoms with Gasteiger partial charge in [-0.25, -0.2) is 9.18 Å². The van der Waals surface area contributed by atoms with Crippen molar-refractivity contribution in [3.63, 3.8) is 0 Å². The van der Waals surface area contributed by atoms with Crippen LogP contribution in [0.2, 0.25) is 0 Å². The van der Waals surface area contributed by atoms with E-state index in [1.807, 2.05) is 31.2 Å². The minimum Gasteiger partial charge on any atom is -0.494 e. The Bertz CT molecular complexity index is 1370. The number of ether oxygens (including phenoxy) is 1. The number of carboxylic acid groups (broad SMARTS) is 1. The maximum absolute atomic E-state index is 13.8. The number of carbonyl (C=O) groups is 1. The molecular formula is C29H29ClFNO3. The molecule has 4 aromatic rings. The van der Waals surface area contributed by atoms with Crippen molar-refractivity contribution >= 4 is 29.1 Å². The van der Waals surface area contributed by atoms with Gasteiger partial charge in [-0.2, -0.15) is 0 Å². The topological polar surface area (TPSA) is 58.6 Å². The standard InChI is InChI=1S/C29H28FNO3.ClH/c1-17-9-10-22(14-25(17)29(32)33)26-15-23(13-21-7-5-6-8-24(21)26)19(3)31-18(2)20-11-12-27(30)28(16-20)34-4;/h5-16,18-19,31H,1-4H3,(H,32,33);1H/t18-,19?;/m1./s1. The summed E-state index contributed by atoms with van der Waals surface area (Å²) in [6.45, 7) is 5.92. The van der Waals surface area contributed by atoms with Crippen LogP contribution >= 0.6 is 12.4 Å². The Labute approximate surface area is 211 Å². The van der Waals surface area contributed by atoms with Gasteiger partial charge in [0.15, 0.2) is 11.6 Å². The molecule has 0 amide bonds. The zero-order valence-corrected chi connectivity index (χ0v) is 20.9. The van der Waals surface area contributed by atoms with Crippen molar-refractivity contribution in [1.29, 1.82) is 0 Å². The van der Waals surface area contributed by atoms with Gasteiger partial charge in [-0.3, -0.25) is 0 Å². The molecular weight excluding hydrogens is 465 g/mol. The maximum Gasteiger partial charge on any atom is 0.335 e. The van der Waals surface area contributed by atoms with Gasteiger partial charge in [-0.15, -0.1) is 12.4 Å². The molecule has 6 heteroatoms. The first kappa shape index (κ1) is 26.2. The van der Waals surface area contributed by atoms with Crippen LogP contribution in [0.25, 0.3) is 21.9 Å². The van der Waals surface area contributed by atoms with E-state index >= 15 is 0 Å². The van der Waals surface area contributed by atoms with E-state index in [0.29, 0.717) is 5.56 Å². The van der Waals surface area contributed by atoms with Crippen molar-refractivity contribution in [3.05, 3.63) is 101 Å². The molecule has 0 aromatic heterocycles. The van der Waals surface area contributed by atoms with Crippen LogP contribution in [-0.4, -0.2) is 18.2 Å². The number of methoxy groups -OCH3 is 1. The van der Waals surface area contributed by atoms with Crippen LogP contribution in [-0.2, 0) is 0 Å². The van der Waals surface area contributed by atoms with Crippen molar-refractivity contribution in [2.24, 2.45) is 0 Å². The van der Waals surface area contributed by atoms with Gasteiger partial charge in [0.1, 0.15) is 0 Å². The summed E-state index contributed by atoms with van der Waals surface area (Å²) in [5.74, 6) is -1.09. The Morgan fingerprint density at radius 1 is 0.943 bits per heavy atom. The summed E-state index contributed by atoms with van der Waals surface area (Å²) < 4.78 is 19.0. The van der Waals surface area contributed by atoms with Gasteiger partial charge in [0.05, 0.1) is 12.7 Å². The molecule has 4 aromatic carbocycles. The third-order valence-electron chi connectivity index (χ3n) is 6.34. The summed E-state index contributed by atoms with van der Waals surface area (Å²) in [7, 11) is 1.46. The van der Waals surface area contributed by atoms with Crippen molar-refractivity contribution in [2.45, 2.75) is 32.9 Å². The number of aromatic carboxylic acids is 1. The van der Waals surface area contributed by atoms with Crippen LogP contribution < -0.4 is 10.1 Å². The van der Waals surface area contributed by atoms with Crippen LogP contribution in [0.5, 0.6) is 5.75 Å². The molecule has 2 atom stereocenters. The second-order valence-electron chi connectivity index (χ2n) is 8.63. The first-order chi connectivity index (χ1) is 16.3. The molecule has 2 N–H and O–H groups in total. The van der Waals surface area contributed by atoms with Crippen LogP contribution in [0.1, 0.15) is 53.0 Å². The molecule has 0 aliphatic heterocycles. The highest BCUT2D eigenvalue weighted by atomic mass is 35.5. The minimum absolute atomic E-state index is 0. The average Bonchev–Trinajstić information content (AvgIpc) is 2.83. The van der Waals surface area contributed by atoms with E-state index in [2.05, 4.69) is 36.5 Å². The van der Waals surface area contributed by atoms with E-state index in [4.69, 9.17) is 4.74 Å². The molecule has 0 saturated carbocycles. The first-order valence-corrected chi connectivity index (χ1v) is 11.2. The number of carboxylic acids is 1. The summed E-state index contributed by atoms with van der Waals surface area (Å²) in [5.41, 5.74) is 4.89. The van der Waals surface area contributed by atoms with E-state index in [1.54, 1.807) is 25.1 Å². The van der Waals surface area contributed by atoms with E-state index in [9.17, 15) is 14.3 Å². The van der Waals surface area contributed by atoms with E-state index < -0.39 is 5.97 Å². The fourth-order valence-corrected chi connectivity index (χ4v) is 4.36. The lowest BCUT2D eigenvalue weighted by atomic mass is 9.91. The van der Waals surface area contributed by atoms with Gasteiger partial charge in [0, 0.05) is 12.1 Å². The normalized spacial score (nSPS) is 12.6. The third-order valence-corrected chi connectivity index (χ3v) is 6.34. The van der Waals surface area contributed by atoms with Gasteiger partial charge < -0.3 is 15.2 Å². The Hall–Kier alpha value is -3.41. The van der Waals surface area contributed by atoms with Crippen molar-refractivity contribution < 1.29 is 19.0 Å². The highest BCUT2D eigenvalue weighted by Crippen LogP contribution is 2.34. The molecule has 0 bridgehead atoms. The van der Waals surface area contributed by atoms with Gasteiger partial charge in [0.25, 0.3) is 0 Å². The lowest BCUT2D eigenvalue weighted by molar-refractivity contribution is 0.0696. The molecule has 0 saturated heterocycles. The Kier molecular flexibility index (Phi) is 8.15. The largest absolute Gasteiger partial charge is 0.494 e. The number of hydrogen-bond acceptors (Lipinski definition) is 3. The SMILES string of the molecule is COc1cc([C@@H](C)NC(C)c2cc(-c3ccc(C)c(C(=O)O)c3)c3ccccc3c2)ccc1F.Cl. The second kappa shape index (κ2) is 10.9. The molecule has 0 spiro atoms. The van der Waals surface area contributed by atoms with Crippen LogP contribution in [0.4, 0.5) is 4.39 Å². The van der Waals surface area contributed by atoms with Gasteiger partial charge in [-0.05, 0) is 89.7 Å². The molecule has 4 nitrogen and oxygen atoms in total. The minimum atomic E-state index is -0.932. The lowest BCUT2D eigenvalue weighted by Crippen LogP contribution is -2.22. The van der Waals surface area contributed by atoms with Crippen LogP contribution in [0.15, 0.2) is 72.8 Å². The summed E-state index contributed by atoms with van der Waals surface area (Å²) in [6, 6.07) is 22.8.